The van der Waals surface area contributed by atoms with Crippen LogP contribution in [0.25, 0.3) is 0 Å². The SMILES string of the molecule is COc1ccc(CC(NC(=O)C(C)NC(C)=O)C(=O)NC(CC2CCCC2)C(=O)C2(C)CO2)cc1. The largest absolute Gasteiger partial charge is 0.497 e. The number of Topliss-reactive ketones (excluding diaryl/α,β-unsaturated/α-hetero) is 1. The normalized spacial score (nSPS) is 21.9. The molecule has 3 rings (SSSR count). The Morgan fingerprint density at radius 1 is 1.03 bits per heavy atom. The highest BCUT2D eigenvalue weighted by Gasteiger charge is 2.50. The maximum Gasteiger partial charge on any atom is 0.243 e. The van der Waals surface area contributed by atoms with Gasteiger partial charge in [0.15, 0.2) is 5.78 Å². The fourth-order valence-electron chi connectivity index (χ4n) is 4.58. The summed E-state index contributed by atoms with van der Waals surface area (Å²) in [5.41, 5.74) is -0.0415. The zero-order valence-corrected chi connectivity index (χ0v) is 21.0. The molecule has 2 aliphatic rings. The fraction of sp³-hybridized carbons (Fsp3) is 0.615. The number of ether oxygens (including phenoxy) is 2. The molecule has 0 aromatic heterocycles. The Hall–Kier alpha value is -2.94. The maximum atomic E-state index is 13.5. The number of epoxide rings is 1. The van der Waals surface area contributed by atoms with E-state index in [1.165, 1.54) is 6.92 Å². The first kappa shape index (κ1) is 26.7. The molecule has 0 radical (unpaired) electrons. The minimum Gasteiger partial charge on any atom is -0.497 e. The quantitative estimate of drug-likeness (QED) is 0.385. The molecule has 1 aliphatic heterocycles. The van der Waals surface area contributed by atoms with Crippen LogP contribution < -0.4 is 20.7 Å². The molecule has 4 atom stereocenters. The average Bonchev–Trinajstić information content (AvgIpc) is 3.36. The third-order valence-electron chi connectivity index (χ3n) is 6.82. The van der Waals surface area contributed by atoms with Crippen LogP contribution in [-0.4, -0.2) is 60.9 Å². The van der Waals surface area contributed by atoms with Crippen molar-refractivity contribution < 1.29 is 28.7 Å². The van der Waals surface area contributed by atoms with Gasteiger partial charge < -0.3 is 25.4 Å². The number of hydrogen-bond acceptors (Lipinski definition) is 6. The fourth-order valence-corrected chi connectivity index (χ4v) is 4.58. The van der Waals surface area contributed by atoms with Crippen molar-refractivity contribution in [3.05, 3.63) is 29.8 Å². The zero-order valence-electron chi connectivity index (χ0n) is 21.0. The Balaban J connectivity index is 1.76. The molecule has 1 saturated carbocycles. The van der Waals surface area contributed by atoms with Crippen LogP contribution in [-0.2, 0) is 30.3 Å². The van der Waals surface area contributed by atoms with E-state index in [4.69, 9.17) is 9.47 Å². The molecule has 3 N–H and O–H groups in total. The summed E-state index contributed by atoms with van der Waals surface area (Å²) >= 11 is 0. The number of carbonyl (C=O) groups is 4. The van der Waals surface area contributed by atoms with Crippen LogP contribution in [0.5, 0.6) is 5.75 Å². The first-order chi connectivity index (χ1) is 16.6. The summed E-state index contributed by atoms with van der Waals surface area (Å²) in [6, 6.07) is 4.78. The standard InChI is InChI=1S/C26H37N3O6/c1-16(27-17(2)30)24(32)29-22(14-19-9-11-20(34-4)12-10-19)25(33)28-21(13-18-7-5-6-8-18)23(31)26(3)15-35-26/h9-12,16,18,21-22H,5-8,13-15H2,1-4H3,(H,27,30)(H,28,33)(H,29,32). The van der Waals surface area contributed by atoms with Crippen LogP contribution in [0.3, 0.4) is 0 Å². The van der Waals surface area contributed by atoms with E-state index in [0.29, 0.717) is 24.7 Å². The van der Waals surface area contributed by atoms with E-state index >= 15 is 0 Å². The van der Waals surface area contributed by atoms with Crippen LogP contribution in [0, 0.1) is 5.92 Å². The van der Waals surface area contributed by atoms with Crippen LogP contribution in [0.2, 0.25) is 0 Å². The first-order valence-electron chi connectivity index (χ1n) is 12.3. The highest BCUT2D eigenvalue weighted by molar-refractivity contribution is 5.98. The smallest absolute Gasteiger partial charge is 0.243 e. The number of carbonyl (C=O) groups excluding carboxylic acids is 4. The molecule has 2 fully saturated rings. The number of benzene rings is 1. The third-order valence-corrected chi connectivity index (χ3v) is 6.82. The number of methoxy groups -OCH3 is 1. The summed E-state index contributed by atoms with van der Waals surface area (Å²) in [4.78, 5) is 50.7. The average molecular weight is 488 g/mol. The van der Waals surface area contributed by atoms with Crippen molar-refractivity contribution in [2.24, 2.45) is 5.92 Å². The zero-order chi connectivity index (χ0) is 25.6. The highest BCUT2D eigenvalue weighted by Crippen LogP contribution is 2.33. The number of amides is 3. The van der Waals surface area contributed by atoms with Crippen LogP contribution in [0.15, 0.2) is 24.3 Å². The minimum atomic E-state index is -0.932. The molecule has 9 heteroatoms. The summed E-state index contributed by atoms with van der Waals surface area (Å²) in [5, 5.41) is 8.21. The molecule has 4 unspecified atom stereocenters. The second kappa shape index (κ2) is 11.7. The van der Waals surface area contributed by atoms with E-state index in [9.17, 15) is 19.2 Å². The summed E-state index contributed by atoms with van der Waals surface area (Å²) in [5.74, 6) is -0.337. The van der Waals surface area contributed by atoms with Crippen molar-refractivity contribution in [1.29, 1.82) is 0 Å². The van der Waals surface area contributed by atoms with Gasteiger partial charge in [-0.3, -0.25) is 19.2 Å². The molecule has 35 heavy (non-hydrogen) atoms. The van der Waals surface area contributed by atoms with Gasteiger partial charge in [-0.2, -0.15) is 0 Å². The maximum absolute atomic E-state index is 13.5. The van der Waals surface area contributed by atoms with Crippen molar-refractivity contribution in [1.82, 2.24) is 16.0 Å². The number of ketones is 1. The van der Waals surface area contributed by atoms with Crippen LogP contribution in [0.4, 0.5) is 0 Å². The Morgan fingerprint density at radius 2 is 1.63 bits per heavy atom. The predicted octanol–water partition coefficient (Wildman–Crippen LogP) is 1.67. The Bertz CT molecular complexity index is 922. The summed E-state index contributed by atoms with van der Waals surface area (Å²) in [6.07, 6.45) is 5.12. The lowest BCUT2D eigenvalue weighted by atomic mass is 9.90. The minimum absolute atomic E-state index is 0.126. The molecule has 1 aliphatic carbocycles. The molecule has 0 spiro atoms. The lowest BCUT2D eigenvalue weighted by molar-refractivity contribution is -0.134. The van der Waals surface area contributed by atoms with Gasteiger partial charge in [-0.05, 0) is 43.9 Å². The molecular weight excluding hydrogens is 450 g/mol. The van der Waals surface area contributed by atoms with Gasteiger partial charge in [0.05, 0.1) is 19.8 Å². The van der Waals surface area contributed by atoms with E-state index in [-0.39, 0.29) is 18.1 Å². The van der Waals surface area contributed by atoms with E-state index in [2.05, 4.69) is 16.0 Å². The van der Waals surface area contributed by atoms with Gasteiger partial charge in [-0.1, -0.05) is 37.8 Å². The van der Waals surface area contributed by atoms with Gasteiger partial charge in [0, 0.05) is 13.3 Å². The van der Waals surface area contributed by atoms with Gasteiger partial charge in [-0.25, -0.2) is 0 Å². The second-order valence-electron chi connectivity index (χ2n) is 9.87. The van der Waals surface area contributed by atoms with Crippen molar-refractivity contribution >= 4 is 23.5 Å². The lowest BCUT2D eigenvalue weighted by Gasteiger charge is -2.26. The second-order valence-corrected chi connectivity index (χ2v) is 9.87. The molecule has 0 bridgehead atoms. The summed E-state index contributed by atoms with van der Waals surface area (Å²) in [6.45, 7) is 4.97. The molecule has 192 valence electrons. The first-order valence-corrected chi connectivity index (χ1v) is 12.3. The molecule has 1 aromatic carbocycles. The number of rotatable bonds is 12. The van der Waals surface area contributed by atoms with Crippen molar-refractivity contribution in [2.45, 2.75) is 83.0 Å². The van der Waals surface area contributed by atoms with Gasteiger partial charge in [0.1, 0.15) is 23.4 Å². The number of nitrogens with one attached hydrogen (secondary N) is 3. The summed E-state index contributed by atoms with van der Waals surface area (Å²) < 4.78 is 10.6. The monoisotopic (exact) mass is 487 g/mol. The van der Waals surface area contributed by atoms with Gasteiger partial charge in [-0.15, -0.1) is 0 Å². The number of hydrogen-bond donors (Lipinski definition) is 3. The van der Waals surface area contributed by atoms with E-state index in [0.717, 1.165) is 31.2 Å². The predicted molar refractivity (Wildman–Crippen MR) is 130 cm³/mol. The van der Waals surface area contributed by atoms with Crippen molar-refractivity contribution in [2.75, 3.05) is 13.7 Å². The Morgan fingerprint density at radius 3 is 2.17 bits per heavy atom. The molecule has 1 heterocycles. The third kappa shape index (κ3) is 7.52. The van der Waals surface area contributed by atoms with E-state index in [1.807, 2.05) is 12.1 Å². The lowest BCUT2D eigenvalue weighted by Crippen LogP contribution is -2.56. The summed E-state index contributed by atoms with van der Waals surface area (Å²) in [7, 11) is 1.57. The molecule has 1 saturated heterocycles. The molecule has 1 aromatic rings. The van der Waals surface area contributed by atoms with E-state index < -0.39 is 35.5 Å². The highest BCUT2D eigenvalue weighted by atomic mass is 16.6. The molecule has 3 amide bonds. The molecule has 9 nitrogen and oxygen atoms in total. The topological polar surface area (TPSA) is 126 Å². The Labute approximate surface area is 206 Å². The van der Waals surface area contributed by atoms with Crippen LogP contribution in [0.1, 0.15) is 58.4 Å². The van der Waals surface area contributed by atoms with Gasteiger partial charge >= 0.3 is 0 Å². The van der Waals surface area contributed by atoms with Crippen LogP contribution >= 0.6 is 0 Å². The van der Waals surface area contributed by atoms with Crippen molar-refractivity contribution in [3.8, 4) is 5.75 Å². The van der Waals surface area contributed by atoms with Gasteiger partial charge in [0.2, 0.25) is 17.7 Å². The van der Waals surface area contributed by atoms with Crippen molar-refractivity contribution in [3.63, 3.8) is 0 Å². The van der Waals surface area contributed by atoms with Gasteiger partial charge in [0.25, 0.3) is 0 Å². The molecular formula is C26H37N3O6. The Kier molecular flexibility index (Phi) is 8.88. The van der Waals surface area contributed by atoms with E-state index in [1.54, 1.807) is 33.1 Å².